The van der Waals surface area contributed by atoms with Gasteiger partial charge in [-0.2, -0.15) is 0 Å². The molecule has 1 saturated heterocycles. The predicted octanol–water partition coefficient (Wildman–Crippen LogP) is 1.25. The molecule has 0 aromatic heterocycles. The molecule has 0 spiro atoms. The van der Waals surface area contributed by atoms with Crippen LogP contribution in [0.2, 0.25) is 0 Å². The molecule has 1 aliphatic heterocycles. The van der Waals surface area contributed by atoms with Gasteiger partial charge in [-0.15, -0.1) is 0 Å². The van der Waals surface area contributed by atoms with E-state index in [9.17, 15) is 18.0 Å². The number of hydrogen-bond donors (Lipinski definition) is 0. The van der Waals surface area contributed by atoms with Gasteiger partial charge in [-0.05, 0) is 25.0 Å². The van der Waals surface area contributed by atoms with Crippen molar-refractivity contribution in [1.82, 2.24) is 4.90 Å². The molecule has 0 saturated carbocycles. The molecule has 132 valence electrons. The van der Waals surface area contributed by atoms with E-state index in [2.05, 4.69) is 0 Å². The summed E-state index contributed by atoms with van der Waals surface area (Å²) in [6.07, 6.45) is 3.09. The van der Waals surface area contributed by atoms with Gasteiger partial charge in [-0.1, -0.05) is 12.1 Å². The smallest absolute Gasteiger partial charge is 0.340 e. The van der Waals surface area contributed by atoms with E-state index in [0.29, 0.717) is 0 Å². The lowest BCUT2D eigenvalue weighted by Crippen LogP contribution is -2.36. The van der Waals surface area contributed by atoms with Gasteiger partial charge in [-0.3, -0.25) is 9.10 Å². The number of amides is 1. The van der Waals surface area contributed by atoms with E-state index >= 15 is 0 Å². The molecule has 0 aliphatic carbocycles. The molecule has 0 radical (unpaired) electrons. The second-order valence-corrected chi connectivity index (χ2v) is 7.59. The first kappa shape index (κ1) is 18.3. The molecule has 1 heterocycles. The molecule has 1 aromatic carbocycles. The predicted molar refractivity (Wildman–Crippen MR) is 90.4 cm³/mol. The highest BCUT2D eigenvalue weighted by molar-refractivity contribution is 7.92. The van der Waals surface area contributed by atoms with Crippen LogP contribution in [0.15, 0.2) is 24.3 Å². The van der Waals surface area contributed by atoms with E-state index in [1.54, 1.807) is 17.0 Å². The number of carbonyl (C=O) groups excluding carboxylic acids is 2. The van der Waals surface area contributed by atoms with Crippen LogP contribution in [0.5, 0.6) is 0 Å². The van der Waals surface area contributed by atoms with Crippen molar-refractivity contribution in [3.63, 3.8) is 0 Å². The van der Waals surface area contributed by atoms with E-state index in [1.165, 1.54) is 19.2 Å². The van der Waals surface area contributed by atoms with Crippen LogP contribution in [-0.2, 0) is 19.6 Å². The number of sulfonamides is 1. The fraction of sp³-hybridized carbons (Fsp3) is 0.500. The zero-order valence-electron chi connectivity index (χ0n) is 13.9. The van der Waals surface area contributed by atoms with Crippen molar-refractivity contribution >= 4 is 27.6 Å². The zero-order valence-corrected chi connectivity index (χ0v) is 14.7. The highest BCUT2D eigenvalue weighted by Crippen LogP contribution is 2.24. The summed E-state index contributed by atoms with van der Waals surface area (Å²) in [5.74, 6) is -0.693. The van der Waals surface area contributed by atoms with Crippen LogP contribution < -0.4 is 4.31 Å². The molecule has 0 atom stereocenters. The summed E-state index contributed by atoms with van der Waals surface area (Å²) in [7, 11) is -2.41. The number of hydrogen-bond acceptors (Lipinski definition) is 5. The van der Waals surface area contributed by atoms with E-state index in [4.69, 9.17) is 4.74 Å². The van der Waals surface area contributed by atoms with E-state index in [0.717, 1.165) is 36.5 Å². The van der Waals surface area contributed by atoms with Gasteiger partial charge in [0.15, 0.2) is 0 Å². The lowest BCUT2D eigenvalue weighted by molar-refractivity contribution is -0.129. The Bertz CT molecular complexity index is 711. The molecule has 0 N–H and O–H groups in total. The van der Waals surface area contributed by atoms with Crippen LogP contribution in [0, 0.1) is 0 Å². The Kier molecular flexibility index (Phi) is 5.82. The number of esters is 1. The van der Waals surface area contributed by atoms with Crippen molar-refractivity contribution in [3.05, 3.63) is 29.8 Å². The van der Waals surface area contributed by atoms with Gasteiger partial charge in [0.2, 0.25) is 15.9 Å². The topological polar surface area (TPSA) is 84.0 Å². The summed E-state index contributed by atoms with van der Waals surface area (Å²) in [5.41, 5.74) is 0.375. The minimum atomic E-state index is -3.65. The summed E-state index contributed by atoms with van der Waals surface area (Å²) in [6, 6.07) is 6.31. The van der Waals surface area contributed by atoms with Gasteiger partial charge in [-0.25, -0.2) is 13.2 Å². The number of para-hydroxylation sites is 1. The summed E-state index contributed by atoms with van der Waals surface area (Å²) in [6.45, 7) is 1.43. The van der Waals surface area contributed by atoms with Crippen LogP contribution in [0.1, 0.15) is 29.6 Å². The van der Waals surface area contributed by atoms with Gasteiger partial charge in [0.05, 0.1) is 24.6 Å². The van der Waals surface area contributed by atoms with Crippen LogP contribution >= 0.6 is 0 Å². The molecule has 24 heavy (non-hydrogen) atoms. The van der Waals surface area contributed by atoms with Crippen molar-refractivity contribution in [2.45, 2.75) is 19.3 Å². The molecule has 1 aliphatic rings. The number of anilines is 1. The number of carbonyl (C=O) groups is 2. The molecule has 0 unspecified atom stereocenters. The van der Waals surface area contributed by atoms with Crippen LogP contribution in [0.25, 0.3) is 0 Å². The van der Waals surface area contributed by atoms with E-state index in [1.807, 2.05) is 0 Å². The first-order chi connectivity index (χ1) is 11.3. The van der Waals surface area contributed by atoms with Crippen molar-refractivity contribution in [2.75, 3.05) is 37.3 Å². The fourth-order valence-electron chi connectivity index (χ4n) is 2.76. The van der Waals surface area contributed by atoms with Crippen LogP contribution in [0.4, 0.5) is 5.69 Å². The summed E-state index contributed by atoms with van der Waals surface area (Å²) < 4.78 is 30.2. The molecule has 1 aromatic rings. The number of nitrogens with zero attached hydrogens (tertiary/aromatic N) is 2. The minimum Gasteiger partial charge on any atom is -0.465 e. The lowest BCUT2D eigenvalue weighted by Gasteiger charge is -2.25. The summed E-state index contributed by atoms with van der Waals surface area (Å²) in [4.78, 5) is 25.8. The second-order valence-electron chi connectivity index (χ2n) is 5.68. The summed E-state index contributed by atoms with van der Waals surface area (Å²) in [5, 5.41) is 0. The van der Waals surface area contributed by atoms with Crippen molar-refractivity contribution in [3.8, 4) is 0 Å². The van der Waals surface area contributed by atoms with Gasteiger partial charge in [0, 0.05) is 26.1 Å². The molecular formula is C16H22N2O5S. The Morgan fingerprint density at radius 3 is 2.42 bits per heavy atom. The lowest BCUT2D eigenvalue weighted by atomic mass is 10.1. The SMILES string of the molecule is COC(=O)c1ccccc1N(CCC(=O)N1CCCC1)S(C)(=O)=O. The third kappa shape index (κ3) is 4.25. The maximum atomic E-state index is 12.2. The minimum absolute atomic E-state index is 0.0117. The number of methoxy groups -OCH3 is 1. The van der Waals surface area contributed by atoms with E-state index < -0.39 is 16.0 Å². The number of rotatable bonds is 6. The van der Waals surface area contributed by atoms with Gasteiger partial charge >= 0.3 is 5.97 Å². The Balaban J connectivity index is 2.24. The average molecular weight is 354 g/mol. The highest BCUT2D eigenvalue weighted by atomic mass is 32.2. The standard InChI is InChI=1S/C16H22N2O5S/c1-23-16(20)13-7-3-4-8-14(13)18(24(2,21)22)12-9-15(19)17-10-5-6-11-17/h3-4,7-8H,5-6,9-12H2,1-2H3. The maximum Gasteiger partial charge on any atom is 0.340 e. The monoisotopic (exact) mass is 354 g/mol. The largest absolute Gasteiger partial charge is 0.465 e. The molecule has 0 bridgehead atoms. The molecule has 1 fully saturated rings. The van der Waals surface area contributed by atoms with E-state index in [-0.39, 0.29) is 30.1 Å². The molecule has 1 amide bonds. The molecule has 2 rings (SSSR count). The average Bonchev–Trinajstić information content (AvgIpc) is 3.08. The normalized spacial score (nSPS) is 14.5. The van der Waals surface area contributed by atoms with Crippen LogP contribution in [-0.4, -0.2) is 58.2 Å². The third-order valence-corrected chi connectivity index (χ3v) is 5.15. The Morgan fingerprint density at radius 1 is 1.21 bits per heavy atom. The molecular weight excluding hydrogens is 332 g/mol. The quantitative estimate of drug-likeness (QED) is 0.718. The van der Waals surface area contributed by atoms with Crippen molar-refractivity contribution in [1.29, 1.82) is 0 Å². The number of benzene rings is 1. The van der Waals surface area contributed by atoms with Crippen LogP contribution in [0.3, 0.4) is 0 Å². The molecule has 7 nitrogen and oxygen atoms in total. The number of ether oxygens (including phenoxy) is 1. The van der Waals surface area contributed by atoms with Crippen molar-refractivity contribution in [2.24, 2.45) is 0 Å². The summed E-state index contributed by atoms with van der Waals surface area (Å²) >= 11 is 0. The van der Waals surface area contributed by atoms with Gasteiger partial charge in [0.1, 0.15) is 0 Å². The fourth-order valence-corrected chi connectivity index (χ4v) is 3.70. The second kappa shape index (κ2) is 7.65. The maximum absolute atomic E-state index is 12.2. The molecule has 8 heteroatoms. The first-order valence-corrected chi connectivity index (χ1v) is 9.62. The number of likely N-dealkylation sites (tertiary alicyclic amines) is 1. The van der Waals surface area contributed by atoms with Gasteiger partial charge in [0.25, 0.3) is 0 Å². The first-order valence-electron chi connectivity index (χ1n) is 7.77. The highest BCUT2D eigenvalue weighted by Gasteiger charge is 2.25. The third-order valence-electron chi connectivity index (χ3n) is 3.97. The van der Waals surface area contributed by atoms with Gasteiger partial charge < -0.3 is 9.64 Å². The Hall–Kier alpha value is -2.09. The Morgan fingerprint density at radius 2 is 1.83 bits per heavy atom. The Labute approximate surface area is 142 Å². The van der Waals surface area contributed by atoms with Crippen molar-refractivity contribution < 1.29 is 22.7 Å². The zero-order chi connectivity index (χ0) is 17.7.